The Labute approximate surface area is 151 Å². The Morgan fingerprint density at radius 3 is 2.62 bits per heavy atom. The lowest BCUT2D eigenvalue weighted by Gasteiger charge is -2.14. The SMILES string of the molecule is CCCCCCOc1c(Br)cc(C=C(C#N)C(=O)O)cc1OCC. The fourth-order valence-electron chi connectivity index (χ4n) is 2.09. The molecule has 0 atom stereocenters. The molecule has 0 radical (unpaired) electrons. The lowest BCUT2D eigenvalue weighted by molar-refractivity contribution is -0.132. The highest BCUT2D eigenvalue weighted by Gasteiger charge is 2.13. The molecular weight excluding hydrogens is 374 g/mol. The van der Waals surface area contributed by atoms with Crippen LogP contribution in [0.2, 0.25) is 0 Å². The normalized spacial score (nSPS) is 11.0. The summed E-state index contributed by atoms with van der Waals surface area (Å²) < 4.78 is 12.1. The number of carboxylic acid groups (broad SMARTS) is 1. The van der Waals surface area contributed by atoms with Gasteiger partial charge in [0.1, 0.15) is 11.6 Å². The van der Waals surface area contributed by atoms with Gasteiger partial charge in [-0.25, -0.2) is 4.79 Å². The minimum Gasteiger partial charge on any atom is -0.490 e. The number of nitrogens with zero attached hydrogens (tertiary/aromatic N) is 1. The van der Waals surface area contributed by atoms with Crippen LogP contribution in [-0.4, -0.2) is 24.3 Å². The van der Waals surface area contributed by atoms with E-state index in [0.717, 1.165) is 12.8 Å². The monoisotopic (exact) mass is 395 g/mol. The van der Waals surface area contributed by atoms with Gasteiger partial charge < -0.3 is 14.6 Å². The van der Waals surface area contributed by atoms with Crippen LogP contribution in [0.4, 0.5) is 0 Å². The molecule has 0 aliphatic carbocycles. The summed E-state index contributed by atoms with van der Waals surface area (Å²) in [5.74, 6) is -0.140. The lowest BCUT2D eigenvalue weighted by Crippen LogP contribution is -2.03. The van der Waals surface area contributed by atoms with Crippen molar-refractivity contribution in [1.29, 1.82) is 5.26 Å². The molecule has 0 aliphatic heterocycles. The highest BCUT2D eigenvalue weighted by atomic mass is 79.9. The molecule has 130 valence electrons. The molecule has 0 saturated heterocycles. The third-order valence-corrected chi connectivity index (χ3v) is 3.83. The molecule has 6 heteroatoms. The second-order valence-electron chi connectivity index (χ2n) is 5.15. The Kier molecular flexibility index (Phi) is 8.95. The molecule has 1 N–H and O–H groups in total. The van der Waals surface area contributed by atoms with Gasteiger partial charge in [0.2, 0.25) is 0 Å². The number of carbonyl (C=O) groups is 1. The van der Waals surface area contributed by atoms with E-state index in [1.165, 1.54) is 18.9 Å². The molecular formula is C18H22BrNO4. The van der Waals surface area contributed by atoms with Crippen molar-refractivity contribution in [2.24, 2.45) is 0 Å². The number of ether oxygens (including phenoxy) is 2. The Bertz CT molecular complexity index is 635. The molecule has 0 bridgehead atoms. The standard InChI is InChI=1S/C18H22BrNO4/c1-3-5-6-7-8-24-17-15(19)10-13(11-16(17)23-4-2)9-14(12-20)18(21)22/h9-11H,3-8H2,1-2H3,(H,21,22). The maximum absolute atomic E-state index is 11.0. The molecule has 0 aliphatic rings. The molecule has 1 aromatic carbocycles. The van der Waals surface area contributed by atoms with E-state index in [1.54, 1.807) is 18.2 Å². The van der Waals surface area contributed by atoms with Gasteiger partial charge in [0, 0.05) is 0 Å². The van der Waals surface area contributed by atoms with E-state index in [2.05, 4.69) is 22.9 Å². The summed E-state index contributed by atoms with van der Waals surface area (Å²) in [6.45, 7) is 5.06. The predicted octanol–water partition coefficient (Wildman–Crippen LogP) is 4.80. The largest absolute Gasteiger partial charge is 0.490 e. The first kappa shape index (κ1) is 20.0. The van der Waals surface area contributed by atoms with Crippen molar-refractivity contribution >= 4 is 28.0 Å². The number of hydrogen-bond donors (Lipinski definition) is 1. The highest BCUT2D eigenvalue weighted by molar-refractivity contribution is 9.10. The second kappa shape index (κ2) is 10.7. The van der Waals surface area contributed by atoms with Gasteiger partial charge in [-0.05, 0) is 53.0 Å². The van der Waals surface area contributed by atoms with Crippen molar-refractivity contribution in [3.63, 3.8) is 0 Å². The molecule has 1 rings (SSSR count). The van der Waals surface area contributed by atoms with Crippen LogP contribution in [0.15, 0.2) is 22.2 Å². The topological polar surface area (TPSA) is 79.5 Å². The number of unbranched alkanes of at least 4 members (excludes halogenated alkanes) is 3. The zero-order valence-electron chi connectivity index (χ0n) is 14.0. The van der Waals surface area contributed by atoms with E-state index >= 15 is 0 Å². The summed E-state index contributed by atoms with van der Waals surface area (Å²) in [7, 11) is 0. The fraction of sp³-hybridized carbons (Fsp3) is 0.444. The quantitative estimate of drug-likeness (QED) is 0.349. The zero-order chi connectivity index (χ0) is 17.9. The Balaban J connectivity index is 3.01. The molecule has 24 heavy (non-hydrogen) atoms. The van der Waals surface area contributed by atoms with E-state index < -0.39 is 5.97 Å². The van der Waals surface area contributed by atoms with Gasteiger partial charge in [-0.15, -0.1) is 0 Å². The number of rotatable bonds is 10. The van der Waals surface area contributed by atoms with E-state index in [-0.39, 0.29) is 5.57 Å². The summed E-state index contributed by atoms with van der Waals surface area (Å²) in [5, 5.41) is 17.8. The minimum atomic E-state index is -1.26. The Morgan fingerprint density at radius 2 is 2.04 bits per heavy atom. The first-order chi connectivity index (χ1) is 11.5. The van der Waals surface area contributed by atoms with Crippen molar-refractivity contribution in [1.82, 2.24) is 0 Å². The fourth-order valence-corrected chi connectivity index (χ4v) is 2.66. The average Bonchev–Trinajstić information content (AvgIpc) is 2.54. The highest BCUT2D eigenvalue weighted by Crippen LogP contribution is 2.37. The minimum absolute atomic E-state index is 0.336. The molecule has 0 amide bonds. The summed E-state index contributed by atoms with van der Waals surface area (Å²) in [4.78, 5) is 11.0. The maximum Gasteiger partial charge on any atom is 0.346 e. The van der Waals surface area contributed by atoms with Crippen LogP contribution in [0.25, 0.3) is 6.08 Å². The van der Waals surface area contributed by atoms with Crippen molar-refractivity contribution < 1.29 is 19.4 Å². The number of halogens is 1. The predicted molar refractivity (Wildman–Crippen MR) is 96.2 cm³/mol. The third-order valence-electron chi connectivity index (χ3n) is 3.24. The average molecular weight is 396 g/mol. The Morgan fingerprint density at radius 1 is 1.29 bits per heavy atom. The van der Waals surface area contributed by atoms with Crippen LogP contribution in [0.3, 0.4) is 0 Å². The molecule has 0 spiro atoms. The molecule has 5 nitrogen and oxygen atoms in total. The third kappa shape index (κ3) is 6.25. The second-order valence-corrected chi connectivity index (χ2v) is 6.00. The van der Waals surface area contributed by atoms with Gasteiger partial charge in [-0.2, -0.15) is 5.26 Å². The molecule has 0 unspecified atom stereocenters. The van der Waals surface area contributed by atoms with Crippen LogP contribution in [0.5, 0.6) is 11.5 Å². The number of nitriles is 1. The smallest absolute Gasteiger partial charge is 0.346 e. The summed E-state index contributed by atoms with van der Waals surface area (Å²) in [6, 6.07) is 5.05. The molecule has 0 fully saturated rings. The van der Waals surface area contributed by atoms with Gasteiger partial charge in [0.15, 0.2) is 11.5 Å². The molecule has 1 aromatic rings. The van der Waals surface area contributed by atoms with Crippen LogP contribution in [0.1, 0.15) is 45.1 Å². The van der Waals surface area contributed by atoms with Crippen molar-refractivity contribution in [2.75, 3.05) is 13.2 Å². The molecule has 0 heterocycles. The van der Waals surface area contributed by atoms with Crippen molar-refractivity contribution in [2.45, 2.75) is 39.5 Å². The van der Waals surface area contributed by atoms with Gasteiger partial charge in [-0.1, -0.05) is 26.2 Å². The van der Waals surface area contributed by atoms with Gasteiger partial charge in [0.25, 0.3) is 0 Å². The number of hydrogen-bond acceptors (Lipinski definition) is 4. The molecule has 0 aromatic heterocycles. The van der Waals surface area contributed by atoms with Crippen LogP contribution >= 0.6 is 15.9 Å². The summed E-state index contributed by atoms with van der Waals surface area (Å²) in [6.07, 6.45) is 5.73. The zero-order valence-corrected chi connectivity index (χ0v) is 15.6. The van der Waals surface area contributed by atoms with Gasteiger partial charge in [0.05, 0.1) is 17.7 Å². The van der Waals surface area contributed by atoms with Crippen LogP contribution < -0.4 is 9.47 Å². The number of benzene rings is 1. The van der Waals surface area contributed by atoms with E-state index in [4.69, 9.17) is 19.8 Å². The Hall–Kier alpha value is -2.00. The van der Waals surface area contributed by atoms with Gasteiger partial charge in [-0.3, -0.25) is 0 Å². The maximum atomic E-state index is 11.0. The van der Waals surface area contributed by atoms with Crippen LogP contribution in [0, 0.1) is 11.3 Å². The van der Waals surface area contributed by atoms with Crippen molar-refractivity contribution in [3.8, 4) is 17.6 Å². The van der Waals surface area contributed by atoms with Crippen LogP contribution in [-0.2, 0) is 4.79 Å². The molecule has 0 saturated carbocycles. The number of carboxylic acids is 1. The summed E-state index contributed by atoms with van der Waals surface area (Å²) in [5.41, 5.74) is 0.222. The number of aliphatic carboxylic acids is 1. The van der Waals surface area contributed by atoms with E-state index in [1.807, 2.05) is 6.92 Å². The van der Waals surface area contributed by atoms with Gasteiger partial charge >= 0.3 is 5.97 Å². The first-order valence-corrected chi connectivity index (χ1v) is 8.77. The van der Waals surface area contributed by atoms with Crippen molar-refractivity contribution in [3.05, 3.63) is 27.7 Å². The van der Waals surface area contributed by atoms with E-state index in [0.29, 0.717) is 34.7 Å². The lowest BCUT2D eigenvalue weighted by atomic mass is 10.1. The first-order valence-electron chi connectivity index (χ1n) is 7.97. The summed E-state index contributed by atoms with van der Waals surface area (Å²) >= 11 is 3.44. The van der Waals surface area contributed by atoms with E-state index in [9.17, 15) is 4.79 Å².